The molecule has 7 heteroatoms. The number of carbonyl (C=O) groups excluding carboxylic acids is 2. The Morgan fingerprint density at radius 3 is 2.42 bits per heavy atom. The SMILES string of the molecule is CCOC(=O)CCN(CCC(C)C)C(=O)/C=C/c1ccc([N+](=O)[O-])cc1. The molecular formula is C19H26N2O5. The molecule has 0 aliphatic rings. The Kier molecular flexibility index (Phi) is 9.05. The third-order valence-corrected chi connectivity index (χ3v) is 3.70. The van der Waals surface area contributed by atoms with E-state index >= 15 is 0 Å². The molecule has 0 radical (unpaired) electrons. The van der Waals surface area contributed by atoms with Crippen LogP contribution in [-0.4, -0.2) is 41.4 Å². The van der Waals surface area contributed by atoms with Crippen molar-refractivity contribution in [2.45, 2.75) is 33.6 Å². The molecule has 0 fully saturated rings. The van der Waals surface area contributed by atoms with Crippen molar-refractivity contribution in [3.8, 4) is 0 Å². The van der Waals surface area contributed by atoms with Crippen LogP contribution in [0.2, 0.25) is 0 Å². The number of nitro groups is 1. The minimum absolute atomic E-state index is 0.00136. The Morgan fingerprint density at radius 1 is 1.23 bits per heavy atom. The third kappa shape index (κ3) is 7.92. The number of carbonyl (C=O) groups is 2. The van der Waals surface area contributed by atoms with Crippen molar-refractivity contribution in [2.75, 3.05) is 19.7 Å². The normalized spacial score (nSPS) is 10.9. The fourth-order valence-corrected chi connectivity index (χ4v) is 2.19. The van der Waals surface area contributed by atoms with Crippen LogP contribution in [0, 0.1) is 16.0 Å². The Labute approximate surface area is 153 Å². The first-order chi connectivity index (χ1) is 12.3. The van der Waals surface area contributed by atoms with Crippen LogP contribution >= 0.6 is 0 Å². The molecule has 0 aliphatic carbocycles. The first kappa shape index (κ1) is 21.3. The third-order valence-electron chi connectivity index (χ3n) is 3.70. The van der Waals surface area contributed by atoms with Crippen molar-refractivity contribution in [2.24, 2.45) is 5.92 Å². The fraction of sp³-hybridized carbons (Fsp3) is 0.474. The number of nitro benzene ring substituents is 1. The smallest absolute Gasteiger partial charge is 0.307 e. The molecule has 0 saturated carbocycles. The van der Waals surface area contributed by atoms with Gasteiger partial charge in [-0.25, -0.2) is 0 Å². The van der Waals surface area contributed by atoms with Crippen molar-refractivity contribution in [3.63, 3.8) is 0 Å². The van der Waals surface area contributed by atoms with Gasteiger partial charge in [-0.1, -0.05) is 13.8 Å². The maximum absolute atomic E-state index is 12.5. The van der Waals surface area contributed by atoms with Gasteiger partial charge in [0.1, 0.15) is 0 Å². The van der Waals surface area contributed by atoms with Crippen LogP contribution in [-0.2, 0) is 14.3 Å². The van der Waals surface area contributed by atoms with E-state index in [2.05, 4.69) is 13.8 Å². The average Bonchev–Trinajstić information content (AvgIpc) is 2.60. The highest BCUT2D eigenvalue weighted by Gasteiger charge is 2.14. The molecule has 0 saturated heterocycles. The van der Waals surface area contributed by atoms with E-state index in [1.807, 2.05) is 0 Å². The number of hydrogen-bond donors (Lipinski definition) is 0. The van der Waals surface area contributed by atoms with Gasteiger partial charge in [0.2, 0.25) is 5.91 Å². The lowest BCUT2D eigenvalue weighted by molar-refractivity contribution is -0.384. The largest absolute Gasteiger partial charge is 0.466 e. The van der Waals surface area contributed by atoms with Gasteiger partial charge in [-0.15, -0.1) is 0 Å². The van der Waals surface area contributed by atoms with Crippen LogP contribution < -0.4 is 0 Å². The molecule has 26 heavy (non-hydrogen) atoms. The predicted molar refractivity (Wildman–Crippen MR) is 99.4 cm³/mol. The van der Waals surface area contributed by atoms with Crippen LogP contribution in [0.4, 0.5) is 5.69 Å². The number of hydrogen-bond acceptors (Lipinski definition) is 5. The summed E-state index contributed by atoms with van der Waals surface area (Å²) in [5, 5.41) is 10.7. The number of ether oxygens (including phenoxy) is 1. The highest BCUT2D eigenvalue weighted by atomic mass is 16.6. The molecular weight excluding hydrogens is 336 g/mol. The zero-order chi connectivity index (χ0) is 19.5. The lowest BCUT2D eigenvalue weighted by atomic mass is 10.1. The summed E-state index contributed by atoms with van der Waals surface area (Å²) in [7, 11) is 0. The molecule has 1 aromatic rings. The topological polar surface area (TPSA) is 89.8 Å². The maximum Gasteiger partial charge on any atom is 0.307 e. The van der Waals surface area contributed by atoms with Gasteiger partial charge >= 0.3 is 5.97 Å². The van der Waals surface area contributed by atoms with Crippen molar-refractivity contribution < 1.29 is 19.2 Å². The minimum Gasteiger partial charge on any atom is -0.466 e. The average molecular weight is 362 g/mol. The van der Waals surface area contributed by atoms with Gasteiger partial charge < -0.3 is 9.64 Å². The fourth-order valence-electron chi connectivity index (χ4n) is 2.19. The molecule has 0 aliphatic heterocycles. The summed E-state index contributed by atoms with van der Waals surface area (Å²) in [5.41, 5.74) is 0.694. The Morgan fingerprint density at radius 2 is 1.88 bits per heavy atom. The zero-order valence-electron chi connectivity index (χ0n) is 15.5. The summed E-state index contributed by atoms with van der Waals surface area (Å²) >= 11 is 0. The molecule has 1 aromatic carbocycles. The summed E-state index contributed by atoms with van der Waals surface area (Å²) in [4.78, 5) is 35.8. The van der Waals surface area contributed by atoms with Crippen molar-refractivity contribution in [3.05, 3.63) is 46.0 Å². The van der Waals surface area contributed by atoms with E-state index in [0.29, 0.717) is 31.2 Å². The second-order valence-electron chi connectivity index (χ2n) is 6.24. The van der Waals surface area contributed by atoms with Gasteiger partial charge in [0, 0.05) is 31.3 Å². The number of rotatable bonds is 10. The van der Waals surface area contributed by atoms with Gasteiger partial charge in [0.05, 0.1) is 18.0 Å². The first-order valence-corrected chi connectivity index (χ1v) is 8.70. The van der Waals surface area contributed by atoms with Gasteiger partial charge in [0.25, 0.3) is 5.69 Å². The van der Waals surface area contributed by atoms with Crippen LogP contribution in [0.5, 0.6) is 0 Å². The van der Waals surface area contributed by atoms with Crippen LogP contribution in [0.3, 0.4) is 0 Å². The molecule has 7 nitrogen and oxygen atoms in total. The quantitative estimate of drug-likeness (QED) is 0.275. The highest BCUT2D eigenvalue weighted by Crippen LogP contribution is 2.13. The number of non-ortho nitro benzene ring substituents is 1. The van der Waals surface area contributed by atoms with Crippen molar-refractivity contribution >= 4 is 23.6 Å². The summed E-state index contributed by atoms with van der Waals surface area (Å²) < 4.78 is 4.91. The van der Waals surface area contributed by atoms with Crippen LogP contribution in [0.15, 0.2) is 30.3 Å². The molecule has 142 valence electrons. The Hall–Kier alpha value is -2.70. The lowest BCUT2D eigenvalue weighted by Gasteiger charge is -2.22. The molecule has 0 unspecified atom stereocenters. The van der Waals surface area contributed by atoms with E-state index in [1.54, 1.807) is 30.0 Å². The second-order valence-corrected chi connectivity index (χ2v) is 6.24. The van der Waals surface area contributed by atoms with E-state index in [4.69, 9.17) is 4.74 Å². The highest BCUT2D eigenvalue weighted by molar-refractivity contribution is 5.92. The summed E-state index contributed by atoms with van der Waals surface area (Å²) in [6.07, 6.45) is 4.02. The monoisotopic (exact) mass is 362 g/mol. The molecule has 0 N–H and O–H groups in total. The summed E-state index contributed by atoms with van der Waals surface area (Å²) in [6.45, 7) is 7.06. The zero-order valence-corrected chi connectivity index (χ0v) is 15.5. The Bertz CT molecular complexity index is 638. The minimum atomic E-state index is -0.471. The van der Waals surface area contributed by atoms with Crippen molar-refractivity contribution in [1.29, 1.82) is 0 Å². The van der Waals surface area contributed by atoms with E-state index in [9.17, 15) is 19.7 Å². The first-order valence-electron chi connectivity index (χ1n) is 8.70. The number of amides is 1. The molecule has 0 bridgehead atoms. The van der Waals surface area contributed by atoms with E-state index in [1.165, 1.54) is 18.2 Å². The summed E-state index contributed by atoms with van der Waals surface area (Å²) in [6, 6.07) is 5.95. The van der Waals surface area contributed by atoms with Crippen molar-refractivity contribution in [1.82, 2.24) is 4.90 Å². The van der Waals surface area contributed by atoms with Gasteiger partial charge in [-0.2, -0.15) is 0 Å². The molecule has 1 amide bonds. The molecule has 0 spiro atoms. The van der Waals surface area contributed by atoms with Gasteiger partial charge in [-0.3, -0.25) is 19.7 Å². The second kappa shape index (κ2) is 11.0. The molecule has 0 atom stereocenters. The van der Waals surface area contributed by atoms with Crippen LogP contribution in [0.25, 0.3) is 6.08 Å². The van der Waals surface area contributed by atoms with E-state index < -0.39 is 4.92 Å². The predicted octanol–water partition coefficient (Wildman–Crippen LogP) is 3.44. The molecule has 0 heterocycles. The van der Waals surface area contributed by atoms with E-state index in [0.717, 1.165) is 6.42 Å². The molecule has 0 aromatic heterocycles. The van der Waals surface area contributed by atoms with Gasteiger partial charge in [0.15, 0.2) is 0 Å². The van der Waals surface area contributed by atoms with Gasteiger partial charge in [-0.05, 0) is 43.0 Å². The molecule has 1 rings (SSSR count). The van der Waals surface area contributed by atoms with E-state index in [-0.39, 0.29) is 24.0 Å². The Balaban J connectivity index is 2.72. The number of benzene rings is 1. The number of nitrogens with zero attached hydrogens (tertiary/aromatic N) is 2. The number of esters is 1. The maximum atomic E-state index is 12.5. The van der Waals surface area contributed by atoms with Crippen LogP contribution in [0.1, 0.15) is 39.2 Å². The lowest BCUT2D eigenvalue weighted by Crippen LogP contribution is -2.33. The standard InChI is InChI=1S/C19H26N2O5/c1-4-26-19(23)12-14-20(13-11-15(2)3)18(22)10-7-16-5-8-17(9-6-16)21(24)25/h5-10,15H,4,11-14H2,1-3H3/b10-7+. The summed E-state index contributed by atoms with van der Waals surface area (Å²) in [5.74, 6) is -0.0888.